The molecule has 1 heterocycles. The van der Waals surface area contributed by atoms with Crippen molar-refractivity contribution < 1.29 is 9.18 Å². The molecule has 0 saturated heterocycles. The van der Waals surface area contributed by atoms with Gasteiger partial charge in [-0.2, -0.15) is 0 Å². The summed E-state index contributed by atoms with van der Waals surface area (Å²) in [6, 6.07) is 0.956. The predicted octanol–water partition coefficient (Wildman–Crippen LogP) is 0.478. The number of halogens is 2. The van der Waals surface area contributed by atoms with E-state index in [0.29, 0.717) is 0 Å². The molecule has 0 radical (unpaired) electrons. The number of carbonyl (C=O) groups is 1. The minimum atomic E-state index is -0.752. The van der Waals surface area contributed by atoms with Gasteiger partial charge in [-0.3, -0.25) is 10.2 Å². The Kier molecular flexibility index (Phi) is 2.57. The molecular weight excluding hydrogens is 185 g/mol. The van der Waals surface area contributed by atoms with Crippen LogP contribution in [0.3, 0.4) is 0 Å². The van der Waals surface area contributed by atoms with E-state index in [4.69, 9.17) is 17.4 Å². The summed E-state index contributed by atoms with van der Waals surface area (Å²) < 4.78 is 12.7. The second-order valence-electron chi connectivity index (χ2n) is 1.97. The van der Waals surface area contributed by atoms with Gasteiger partial charge >= 0.3 is 0 Å². The van der Waals surface area contributed by atoms with Gasteiger partial charge in [-0.05, 0) is 6.07 Å². The third-order valence-electron chi connectivity index (χ3n) is 1.19. The van der Waals surface area contributed by atoms with E-state index >= 15 is 0 Å². The maximum absolute atomic E-state index is 12.7. The standard InChI is InChI=1S/C6H5ClFN3O/c7-5-4(8)1-3(2-10-5)6(12)11-9/h1-2H,9H2,(H,11,12). The number of nitrogens with zero attached hydrogens (tertiary/aromatic N) is 1. The van der Waals surface area contributed by atoms with Gasteiger partial charge in [0.25, 0.3) is 5.91 Å². The molecule has 64 valence electrons. The van der Waals surface area contributed by atoms with Crippen molar-refractivity contribution in [3.05, 3.63) is 28.8 Å². The highest BCUT2D eigenvalue weighted by molar-refractivity contribution is 6.29. The Balaban J connectivity index is 3.05. The number of carbonyl (C=O) groups excluding carboxylic acids is 1. The Morgan fingerprint density at radius 3 is 2.92 bits per heavy atom. The van der Waals surface area contributed by atoms with E-state index in [9.17, 15) is 9.18 Å². The van der Waals surface area contributed by atoms with E-state index < -0.39 is 11.7 Å². The van der Waals surface area contributed by atoms with Gasteiger partial charge in [-0.25, -0.2) is 15.2 Å². The molecule has 0 aliphatic heterocycles. The van der Waals surface area contributed by atoms with E-state index in [1.54, 1.807) is 0 Å². The van der Waals surface area contributed by atoms with Gasteiger partial charge in [0.1, 0.15) is 0 Å². The summed E-state index contributed by atoms with van der Waals surface area (Å²) in [5.41, 5.74) is 1.87. The lowest BCUT2D eigenvalue weighted by Gasteiger charge is -1.98. The summed E-state index contributed by atoms with van der Waals surface area (Å²) in [4.78, 5) is 14.2. The van der Waals surface area contributed by atoms with Gasteiger partial charge in [0.2, 0.25) is 0 Å². The molecule has 0 aromatic carbocycles. The lowest BCUT2D eigenvalue weighted by Crippen LogP contribution is -2.30. The fourth-order valence-electron chi connectivity index (χ4n) is 0.629. The quantitative estimate of drug-likeness (QED) is 0.292. The summed E-state index contributed by atoms with van der Waals surface area (Å²) >= 11 is 5.28. The summed E-state index contributed by atoms with van der Waals surface area (Å²) in [6.45, 7) is 0. The van der Waals surface area contributed by atoms with Crippen molar-refractivity contribution in [3.63, 3.8) is 0 Å². The molecule has 0 bridgehead atoms. The molecule has 0 saturated carbocycles. The maximum Gasteiger partial charge on any atom is 0.266 e. The highest BCUT2D eigenvalue weighted by Gasteiger charge is 2.07. The van der Waals surface area contributed by atoms with E-state index in [-0.39, 0.29) is 10.7 Å². The monoisotopic (exact) mass is 189 g/mol. The lowest BCUT2D eigenvalue weighted by atomic mass is 10.3. The van der Waals surface area contributed by atoms with Gasteiger partial charge in [0, 0.05) is 6.20 Å². The third-order valence-corrected chi connectivity index (χ3v) is 1.47. The van der Waals surface area contributed by atoms with Crippen LogP contribution in [-0.2, 0) is 0 Å². The number of pyridine rings is 1. The first-order chi connectivity index (χ1) is 5.65. The Labute approximate surface area is 72.5 Å². The number of nitrogens with two attached hydrogens (primary N) is 1. The van der Waals surface area contributed by atoms with Crippen molar-refractivity contribution in [2.24, 2.45) is 5.84 Å². The minimum Gasteiger partial charge on any atom is -0.290 e. The molecule has 0 aliphatic carbocycles. The average Bonchev–Trinajstić information content (AvgIpc) is 2.08. The first kappa shape index (κ1) is 8.89. The van der Waals surface area contributed by atoms with Crippen LogP contribution in [0.25, 0.3) is 0 Å². The number of nitrogens with one attached hydrogen (secondary N) is 1. The van der Waals surface area contributed by atoms with Crippen LogP contribution in [0.2, 0.25) is 5.15 Å². The van der Waals surface area contributed by atoms with Crippen LogP contribution < -0.4 is 11.3 Å². The number of amides is 1. The number of rotatable bonds is 1. The van der Waals surface area contributed by atoms with Gasteiger partial charge in [-0.1, -0.05) is 11.6 Å². The zero-order valence-electron chi connectivity index (χ0n) is 5.84. The second kappa shape index (κ2) is 3.46. The minimum absolute atomic E-state index is 0.0272. The second-order valence-corrected chi connectivity index (χ2v) is 2.33. The molecule has 1 amide bonds. The fourth-order valence-corrected chi connectivity index (χ4v) is 0.732. The van der Waals surface area contributed by atoms with Crippen LogP contribution in [0, 0.1) is 5.82 Å². The molecule has 0 unspecified atom stereocenters. The van der Waals surface area contributed by atoms with E-state index in [1.807, 2.05) is 5.43 Å². The number of hydrogen-bond donors (Lipinski definition) is 2. The number of hydrazine groups is 1. The van der Waals surface area contributed by atoms with Crippen LogP contribution >= 0.6 is 11.6 Å². The molecule has 0 fully saturated rings. The van der Waals surface area contributed by atoms with Gasteiger partial charge < -0.3 is 0 Å². The Morgan fingerprint density at radius 2 is 2.42 bits per heavy atom. The molecule has 4 nitrogen and oxygen atoms in total. The number of hydrogen-bond acceptors (Lipinski definition) is 3. The number of nitrogen functional groups attached to an aromatic ring is 1. The highest BCUT2D eigenvalue weighted by Crippen LogP contribution is 2.11. The smallest absolute Gasteiger partial charge is 0.266 e. The summed E-state index contributed by atoms with van der Waals surface area (Å²) in [6.07, 6.45) is 1.13. The van der Waals surface area contributed by atoms with E-state index in [2.05, 4.69) is 4.98 Å². The fraction of sp³-hybridized carbons (Fsp3) is 0. The van der Waals surface area contributed by atoms with Crippen LogP contribution in [0.4, 0.5) is 4.39 Å². The summed E-state index contributed by atoms with van der Waals surface area (Å²) in [5.74, 6) is 3.44. The topological polar surface area (TPSA) is 68.0 Å². The SMILES string of the molecule is NNC(=O)c1cnc(Cl)c(F)c1. The van der Waals surface area contributed by atoms with E-state index in [1.165, 1.54) is 0 Å². The molecule has 1 aromatic heterocycles. The van der Waals surface area contributed by atoms with Gasteiger partial charge in [0.05, 0.1) is 5.56 Å². The Hall–Kier alpha value is -1.20. The molecular formula is C6H5ClFN3O. The molecule has 12 heavy (non-hydrogen) atoms. The molecule has 0 aliphatic rings. The molecule has 1 rings (SSSR count). The van der Waals surface area contributed by atoms with Crippen LogP contribution in [-0.4, -0.2) is 10.9 Å². The molecule has 1 aromatic rings. The molecule has 0 atom stereocenters. The first-order valence-electron chi connectivity index (χ1n) is 2.97. The summed E-state index contributed by atoms with van der Waals surface area (Å²) in [5, 5.41) is -0.274. The Bertz CT molecular complexity index is 318. The van der Waals surface area contributed by atoms with Crippen molar-refractivity contribution >= 4 is 17.5 Å². The largest absolute Gasteiger partial charge is 0.290 e. The van der Waals surface area contributed by atoms with Gasteiger partial charge in [-0.15, -0.1) is 0 Å². The van der Waals surface area contributed by atoms with Crippen molar-refractivity contribution in [2.45, 2.75) is 0 Å². The predicted molar refractivity (Wildman–Crippen MR) is 40.9 cm³/mol. The molecule has 0 spiro atoms. The first-order valence-corrected chi connectivity index (χ1v) is 3.35. The van der Waals surface area contributed by atoms with Crippen molar-refractivity contribution in [1.82, 2.24) is 10.4 Å². The lowest BCUT2D eigenvalue weighted by molar-refractivity contribution is 0.0953. The molecule has 3 N–H and O–H groups in total. The van der Waals surface area contributed by atoms with Crippen molar-refractivity contribution in [2.75, 3.05) is 0 Å². The summed E-state index contributed by atoms with van der Waals surface area (Å²) in [7, 11) is 0. The highest BCUT2D eigenvalue weighted by atomic mass is 35.5. The van der Waals surface area contributed by atoms with Crippen LogP contribution in [0.1, 0.15) is 10.4 Å². The van der Waals surface area contributed by atoms with Crippen molar-refractivity contribution in [1.29, 1.82) is 0 Å². The zero-order valence-corrected chi connectivity index (χ0v) is 6.60. The average molecular weight is 190 g/mol. The zero-order chi connectivity index (χ0) is 9.14. The third kappa shape index (κ3) is 1.69. The maximum atomic E-state index is 12.7. The van der Waals surface area contributed by atoms with Crippen LogP contribution in [0.5, 0.6) is 0 Å². The Morgan fingerprint density at radius 1 is 1.75 bits per heavy atom. The van der Waals surface area contributed by atoms with E-state index in [0.717, 1.165) is 12.3 Å². The number of aromatic nitrogens is 1. The van der Waals surface area contributed by atoms with Crippen molar-refractivity contribution in [3.8, 4) is 0 Å². The normalized spacial score (nSPS) is 9.58. The molecule has 6 heteroatoms. The van der Waals surface area contributed by atoms with Gasteiger partial charge in [0.15, 0.2) is 11.0 Å². The van der Waals surface area contributed by atoms with Crippen LogP contribution in [0.15, 0.2) is 12.3 Å².